The highest BCUT2D eigenvalue weighted by molar-refractivity contribution is 5.96. The fraction of sp³-hybridized carbons (Fsp3) is 0.387. The molecular formula is C31H40Cl3N3O. The van der Waals surface area contributed by atoms with E-state index in [-0.39, 0.29) is 43.0 Å². The lowest BCUT2D eigenvalue weighted by Gasteiger charge is -2.39. The Kier molecular flexibility index (Phi) is 13.8. The molecule has 0 aromatic heterocycles. The van der Waals surface area contributed by atoms with Gasteiger partial charge in [0, 0.05) is 38.2 Å². The second-order valence-corrected chi connectivity index (χ2v) is 9.86. The Balaban J connectivity index is 0.00000169. The van der Waals surface area contributed by atoms with Gasteiger partial charge in [0.05, 0.1) is 6.04 Å². The second-order valence-electron chi connectivity index (χ2n) is 9.86. The van der Waals surface area contributed by atoms with Gasteiger partial charge < -0.3 is 10.2 Å². The van der Waals surface area contributed by atoms with Crippen molar-refractivity contribution in [3.05, 3.63) is 107 Å². The summed E-state index contributed by atoms with van der Waals surface area (Å²) in [6, 6.07) is 28.4. The first kappa shape index (κ1) is 32.3. The molecule has 0 bridgehead atoms. The van der Waals surface area contributed by atoms with Crippen LogP contribution >= 0.6 is 37.2 Å². The summed E-state index contributed by atoms with van der Waals surface area (Å²) in [6.45, 7) is 7.22. The molecule has 4 nitrogen and oxygen atoms in total. The molecule has 3 aromatic rings. The monoisotopic (exact) mass is 575 g/mol. The Morgan fingerprint density at radius 1 is 0.737 bits per heavy atom. The third kappa shape index (κ3) is 8.29. The summed E-state index contributed by atoms with van der Waals surface area (Å²) < 4.78 is 0. The number of nitrogens with zero attached hydrogens (tertiary/aromatic N) is 2. The number of fused-ring (bicyclic) bond motifs is 1. The number of nitrogens with one attached hydrogen (secondary N) is 1. The minimum Gasteiger partial charge on any atom is -0.316 e. The summed E-state index contributed by atoms with van der Waals surface area (Å²) in [5, 5.41) is 3.45. The van der Waals surface area contributed by atoms with Crippen LogP contribution in [-0.2, 0) is 12.8 Å². The molecule has 38 heavy (non-hydrogen) atoms. The molecule has 206 valence electrons. The van der Waals surface area contributed by atoms with Gasteiger partial charge in [-0.25, -0.2) is 0 Å². The van der Waals surface area contributed by atoms with Crippen molar-refractivity contribution < 1.29 is 4.79 Å². The minimum absolute atomic E-state index is 0. The van der Waals surface area contributed by atoms with Crippen molar-refractivity contribution in [2.45, 2.75) is 31.7 Å². The van der Waals surface area contributed by atoms with Crippen molar-refractivity contribution in [3.63, 3.8) is 0 Å². The molecule has 0 saturated carbocycles. The molecule has 1 N–H and O–H groups in total. The Labute approximate surface area is 246 Å². The quantitative estimate of drug-likeness (QED) is 0.333. The van der Waals surface area contributed by atoms with Crippen molar-refractivity contribution in [2.75, 3.05) is 45.8 Å². The minimum atomic E-state index is 0. The Morgan fingerprint density at radius 2 is 1.32 bits per heavy atom. The van der Waals surface area contributed by atoms with Crippen LogP contribution in [0, 0.1) is 0 Å². The van der Waals surface area contributed by atoms with E-state index >= 15 is 0 Å². The van der Waals surface area contributed by atoms with Gasteiger partial charge in [0.25, 0.3) is 0 Å². The summed E-state index contributed by atoms with van der Waals surface area (Å²) >= 11 is 0. The van der Waals surface area contributed by atoms with Crippen LogP contribution < -0.4 is 5.32 Å². The molecular weight excluding hydrogens is 537 g/mol. The predicted octanol–water partition coefficient (Wildman–Crippen LogP) is 6.01. The van der Waals surface area contributed by atoms with Crippen molar-refractivity contribution >= 4 is 43.0 Å². The normalized spacial score (nSPS) is 15.8. The number of Topliss-reactive ketones (excluding diaryl/α,β-unsaturated/α-hetero) is 1. The third-order valence-corrected chi connectivity index (χ3v) is 7.55. The van der Waals surface area contributed by atoms with Gasteiger partial charge in [-0.3, -0.25) is 9.69 Å². The first-order valence-corrected chi connectivity index (χ1v) is 13.2. The number of piperazine rings is 1. The summed E-state index contributed by atoms with van der Waals surface area (Å²) in [6.07, 6.45) is 3.64. The maximum Gasteiger partial charge on any atom is 0.162 e. The molecule has 1 fully saturated rings. The highest BCUT2D eigenvalue weighted by atomic mass is 35.5. The Bertz CT molecular complexity index is 1070. The highest BCUT2D eigenvalue weighted by Crippen LogP contribution is 2.29. The van der Waals surface area contributed by atoms with Crippen molar-refractivity contribution in [2.24, 2.45) is 0 Å². The van der Waals surface area contributed by atoms with Crippen LogP contribution in [0.3, 0.4) is 0 Å². The van der Waals surface area contributed by atoms with Gasteiger partial charge >= 0.3 is 0 Å². The summed E-state index contributed by atoms with van der Waals surface area (Å²) in [5.41, 5.74) is 6.35. The van der Waals surface area contributed by atoms with Crippen LogP contribution in [0.5, 0.6) is 0 Å². The van der Waals surface area contributed by atoms with Crippen LogP contribution in [0.1, 0.15) is 51.5 Å². The van der Waals surface area contributed by atoms with Crippen LogP contribution in [0.25, 0.3) is 0 Å². The number of halogens is 3. The van der Waals surface area contributed by atoms with Crippen LogP contribution in [0.4, 0.5) is 0 Å². The fourth-order valence-electron chi connectivity index (χ4n) is 5.58. The highest BCUT2D eigenvalue weighted by Gasteiger charge is 2.26. The molecule has 0 unspecified atom stereocenters. The molecule has 2 aliphatic rings. The maximum absolute atomic E-state index is 12.9. The molecule has 1 saturated heterocycles. The van der Waals surface area contributed by atoms with Gasteiger partial charge in [-0.1, -0.05) is 72.8 Å². The van der Waals surface area contributed by atoms with Crippen molar-refractivity contribution in [1.29, 1.82) is 0 Å². The van der Waals surface area contributed by atoms with E-state index in [0.717, 1.165) is 70.6 Å². The molecule has 2 heterocycles. The molecule has 0 amide bonds. The van der Waals surface area contributed by atoms with Gasteiger partial charge in [-0.2, -0.15) is 0 Å². The first-order valence-electron chi connectivity index (χ1n) is 13.2. The first-order chi connectivity index (χ1) is 17.3. The molecule has 0 radical (unpaired) electrons. The van der Waals surface area contributed by atoms with E-state index in [1.807, 2.05) is 6.07 Å². The van der Waals surface area contributed by atoms with E-state index in [9.17, 15) is 4.79 Å². The fourth-order valence-corrected chi connectivity index (χ4v) is 5.58. The van der Waals surface area contributed by atoms with Gasteiger partial charge in [0.2, 0.25) is 0 Å². The standard InChI is InChI=1S/C31H37N3O.3ClH/c35-30(29-14-13-25-15-17-32-18-16-28(25)24-29)12-7-19-33-20-22-34(23-21-33)31(26-8-3-1-4-9-26)27-10-5-2-6-11-27;;;/h1-6,8-11,13-14,24,31-32H,7,12,15-23H2;3*1H. The van der Waals surface area contributed by atoms with Gasteiger partial charge in [-0.05, 0) is 67.2 Å². The van der Waals surface area contributed by atoms with Gasteiger partial charge in [0.15, 0.2) is 5.78 Å². The predicted molar refractivity (Wildman–Crippen MR) is 165 cm³/mol. The summed E-state index contributed by atoms with van der Waals surface area (Å²) in [7, 11) is 0. The van der Waals surface area contributed by atoms with Crippen molar-refractivity contribution in [3.8, 4) is 0 Å². The number of hydrogen-bond acceptors (Lipinski definition) is 4. The molecule has 2 aliphatic heterocycles. The zero-order valence-corrected chi connectivity index (χ0v) is 24.3. The van der Waals surface area contributed by atoms with Crippen LogP contribution in [0.2, 0.25) is 0 Å². The Morgan fingerprint density at radius 3 is 1.92 bits per heavy atom. The molecule has 5 rings (SSSR count). The zero-order valence-electron chi connectivity index (χ0n) is 21.9. The second kappa shape index (κ2) is 16.2. The molecule has 0 aliphatic carbocycles. The molecule has 0 atom stereocenters. The average molecular weight is 577 g/mol. The summed E-state index contributed by atoms with van der Waals surface area (Å²) in [4.78, 5) is 18.0. The van der Waals surface area contributed by atoms with Crippen molar-refractivity contribution in [1.82, 2.24) is 15.1 Å². The number of carbonyl (C=O) groups excluding carboxylic acids is 1. The van der Waals surface area contributed by atoms with Crippen LogP contribution in [0.15, 0.2) is 78.9 Å². The lowest BCUT2D eigenvalue weighted by Crippen LogP contribution is -2.48. The average Bonchev–Trinajstić information content (AvgIpc) is 3.16. The van der Waals surface area contributed by atoms with Gasteiger partial charge in [0.1, 0.15) is 0 Å². The zero-order chi connectivity index (χ0) is 23.9. The van der Waals surface area contributed by atoms with E-state index in [1.54, 1.807) is 0 Å². The van der Waals surface area contributed by atoms with E-state index in [0.29, 0.717) is 12.5 Å². The topological polar surface area (TPSA) is 35.6 Å². The SMILES string of the molecule is Cl.Cl.Cl.O=C(CCCN1CCN(C(c2ccccc2)c2ccccc2)CC1)c1ccc2c(c1)CCNCC2. The maximum atomic E-state index is 12.9. The largest absolute Gasteiger partial charge is 0.316 e. The van der Waals surface area contributed by atoms with E-state index in [1.165, 1.54) is 22.3 Å². The van der Waals surface area contributed by atoms with Gasteiger partial charge in [-0.15, -0.1) is 37.2 Å². The third-order valence-electron chi connectivity index (χ3n) is 7.55. The van der Waals surface area contributed by atoms with Crippen LogP contribution in [-0.4, -0.2) is 61.4 Å². The molecule has 7 heteroatoms. The number of rotatable bonds is 8. The smallest absolute Gasteiger partial charge is 0.162 e. The number of carbonyl (C=O) groups is 1. The summed E-state index contributed by atoms with van der Waals surface area (Å²) in [5.74, 6) is 0.289. The number of ketones is 1. The molecule has 0 spiro atoms. The number of benzene rings is 3. The molecule has 3 aromatic carbocycles. The van der Waals surface area contributed by atoms with E-state index in [2.05, 4.69) is 87.9 Å². The van der Waals surface area contributed by atoms with E-state index < -0.39 is 0 Å². The lowest BCUT2D eigenvalue weighted by molar-refractivity contribution is 0.0942. The Hall–Kier alpha value is -1.92. The number of hydrogen-bond donors (Lipinski definition) is 1. The van der Waals surface area contributed by atoms with E-state index in [4.69, 9.17) is 0 Å². The lowest BCUT2D eigenvalue weighted by atomic mass is 9.96.